The number of pyridine rings is 2. The van der Waals surface area contributed by atoms with Gasteiger partial charge in [-0.05, 0) is 48.7 Å². The number of H-pyrrole nitrogens is 1. The highest BCUT2D eigenvalue weighted by molar-refractivity contribution is 7.91. The Morgan fingerprint density at radius 1 is 1.13 bits per heavy atom. The Kier molecular flexibility index (Phi) is 7.58. The Morgan fingerprint density at radius 2 is 1.87 bits per heavy atom. The average Bonchev–Trinajstić information content (AvgIpc) is 2.93. The molecule has 1 unspecified atom stereocenters. The third-order valence-corrected chi connectivity index (χ3v) is 8.80. The monoisotopic (exact) mass is 566 g/mol. The molecule has 1 atom stereocenters. The van der Waals surface area contributed by atoms with Crippen LogP contribution in [0.1, 0.15) is 30.0 Å². The number of fused-ring (bicyclic) bond motifs is 1. The summed E-state index contributed by atoms with van der Waals surface area (Å²) in [6, 6.07) is 16.7. The van der Waals surface area contributed by atoms with E-state index in [1.165, 1.54) is 12.5 Å². The zero-order valence-corrected chi connectivity index (χ0v) is 22.7. The minimum atomic E-state index is -3.06. The molecular weight excluding hydrogens is 540 g/mol. The van der Waals surface area contributed by atoms with Crippen molar-refractivity contribution in [2.45, 2.75) is 24.1 Å². The summed E-state index contributed by atoms with van der Waals surface area (Å²) < 4.78 is 29.1. The van der Waals surface area contributed by atoms with Crippen LogP contribution in [0.5, 0.6) is 5.75 Å². The lowest BCUT2D eigenvalue weighted by molar-refractivity contribution is 0.197. The third-order valence-electron chi connectivity index (χ3n) is 6.88. The van der Waals surface area contributed by atoms with Gasteiger partial charge in [-0.15, -0.1) is 0 Å². The van der Waals surface area contributed by atoms with Crippen molar-refractivity contribution in [3.05, 3.63) is 99.4 Å². The summed E-state index contributed by atoms with van der Waals surface area (Å²) in [5, 5.41) is 3.44. The maximum Gasteiger partial charge on any atom is 0.413 e. The molecule has 202 valence electrons. The van der Waals surface area contributed by atoms with Gasteiger partial charge in [0.1, 0.15) is 15.7 Å². The van der Waals surface area contributed by atoms with Gasteiger partial charge in [0.2, 0.25) is 0 Å². The van der Waals surface area contributed by atoms with E-state index in [9.17, 15) is 18.0 Å². The van der Waals surface area contributed by atoms with Gasteiger partial charge >= 0.3 is 6.09 Å². The molecule has 11 heteroatoms. The molecule has 0 aliphatic carbocycles. The van der Waals surface area contributed by atoms with Crippen molar-refractivity contribution < 1.29 is 17.9 Å². The molecule has 0 radical (unpaired) electrons. The number of carbonyl (C=O) groups excluding carboxylic acids is 1. The first-order valence-corrected chi connectivity index (χ1v) is 14.8. The minimum absolute atomic E-state index is 0.233. The molecule has 1 aliphatic heterocycles. The second-order valence-corrected chi connectivity index (χ2v) is 12.3. The van der Waals surface area contributed by atoms with E-state index in [1.54, 1.807) is 36.5 Å². The Balaban J connectivity index is 1.32. The molecule has 1 fully saturated rings. The standard InChI is InChI=1S/C28H27ClN4O5S/c1-39(36,37)21-11-13-33(14-12-21)25-10-8-20(16-31-25)38-28(35)32-26(18-5-3-2-4-6-18)23-17-30-24-15-19(29)7-9-22(24)27(23)34/h2-10,15-17,21,26H,11-14H2,1H3,(H,30,34)(H,32,35). The number of sulfone groups is 1. The van der Waals surface area contributed by atoms with E-state index in [4.69, 9.17) is 16.3 Å². The van der Waals surface area contributed by atoms with Gasteiger partial charge in [0, 0.05) is 41.5 Å². The average molecular weight is 567 g/mol. The van der Waals surface area contributed by atoms with E-state index in [1.807, 2.05) is 35.2 Å². The second-order valence-electron chi connectivity index (χ2n) is 9.51. The van der Waals surface area contributed by atoms with E-state index in [0.717, 1.165) is 0 Å². The molecule has 0 bridgehead atoms. The first kappa shape index (κ1) is 26.7. The van der Waals surface area contributed by atoms with Crippen LogP contribution in [0, 0.1) is 0 Å². The maximum atomic E-state index is 13.4. The fraction of sp³-hybridized carbons (Fsp3) is 0.250. The lowest BCUT2D eigenvalue weighted by Gasteiger charge is -2.31. The Hall–Kier alpha value is -3.89. The van der Waals surface area contributed by atoms with Gasteiger partial charge in [-0.2, -0.15) is 0 Å². The fourth-order valence-electron chi connectivity index (χ4n) is 4.80. The highest BCUT2D eigenvalue weighted by Crippen LogP contribution is 2.25. The highest BCUT2D eigenvalue weighted by atomic mass is 35.5. The van der Waals surface area contributed by atoms with Gasteiger partial charge in [0.15, 0.2) is 11.2 Å². The molecule has 9 nitrogen and oxygen atoms in total. The number of amides is 1. The van der Waals surface area contributed by atoms with Gasteiger partial charge < -0.3 is 19.9 Å². The summed E-state index contributed by atoms with van der Waals surface area (Å²) in [5.74, 6) is 0.913. The minimum Gasteiger partial charge on any atom is -0.409 e. The van der Waals surface area contributed by atoms with Gasteiger partial charge in [0.25, 0.3) is 0 Å². The largest absolute Gasteiger partial charge is 0.413 e. The molecule has 4 aromatic rings. The number of aromatic nitrogens is 2. The molecule has 0 spiro atoms. The van der Waals surface area contributed by atoms with Crippen LogP contribution in [0.25, 0.3) is 10.9 Å². The molecule has 2 aromatic heterocycles. The van der Waals surface area contributed by atoms with Crippen LogP contribution < -0.4 is 20.4 Å². The van der Waals surface area contributed by atoms with E-state index in [0.29, 0.717) is 58.8 Å². The quantitative estimate of drug-likeness (QED) is 0.353. The fourth-order valence-corrected chi connectivity index (χ4v) is 6.04. The molecular formula is C28H27ClN4O5S. The maximum absolute atomic E-state index is 13.4. The predicted octanol–water partition coefficient (Wildman–Crippen LogP) is 4.47. The molecule has 3 heterocycles. The number of aromatic amines is 1. The zero-order valence-electron chi connectivity index (χ0n) is 21.1. The topological polar surface area (TPSA) is 121 Å². The van der Waals surface area contributed by atoms with Crippen LogP contribution in [0.15, 0.2) is 77.9 Å². The van der Waals surface area contributed by atoms with Crippen LogP contribution in [0.3, 0.4) is 0 Å². The molecule has 1 amide bonds. The van der Waals surface area contributed by atoms with Crippen molar-refractivity contribution in [3.63, 3.8) is 0 Å². The predicted molar refractivity (Wildman–Crippen MR) is 151 cm³/mol. The Bertz CT molecular complexity index is 1650. The van der Waals surface area contributed by atoms with E-state index >= 15 is 0 Å². The number of carbonyl (C=O) groups is 1. The highest BCUT2D eigenvalue weighted by Gasteiger charge is 2.27. The number of rotatable bonds is 6. The number of benzene rings is 2. The number of ether oxygens (including phenoxy) is 1. The van der Waals surface area contributed by atoms with Crippen LogP contribution in [-0.2, 0) is 9.84 Å². The Morgan fingerprint density at radius 3 is 2.54 bits per heavy atom. The first-order valence-electron chi connectivity index (χ1n) is 12.4. The molecule has 5 rings (SSSR count). The van der Waals surface area contributed by atoms with Gasteiger partial charge in [-0.25, -0.2) is 18.2 Å². The van der Waals surface area contributed by atoms with Crippen LogP contribution >= 0.6 is 11.6 Å². The SMILES string of the molecule is CS(=O)(=O)C1CCN(c2ccc(OC(=O)NC(c3ccccc3)c3c[nH]c4cc(Cl)ccc4c3=O)cn2)CC1. The van der Waals surface area contributed by atoms with Crippen molar-refractivity contribution in [2.75, 3.05) is 24.2 Å². The van der Waals surface area contributed by atoms with Gasteiger partial charge in [-0.3, -0.25) is 4.79 Å². The van der Waals surface area contributed by atoms with Crippen LogP contribution in [0.2, 0.25) is 5.02 Å². The number of anilines is 1. The summed E-state index contributed by atoms with van der Waals surface area (Å²) in [5.41, 5.74) is 1.41. The lowest BCUT2D eigenvalue weighted by Crippen LogP contribution is -2.39. The summed E-state index contributed by atoms with van der Waals surface area (Å²) in [6.45, 7) is 1.16. The van der Waals surface area contributed by atoms with E-state index < -0.39 is 22.0 Å². The van der Waals surface area contributed by atoms with Gasteiger partial charge in [-0.1, -0.05) is 41.9 Å². The number of piperidine rings is 1. The van der Waals surface area contributed by atoms with Crippen LogP contribution in [0.4, 0.5) is 10.6 Å². The summed E-state index contributed by atoms with van der Waals surface area (Å²) in [6.07, 6.45) is 4.63. The number of hydrogen-bond donors (Lipinski definition) is 2. The van der Waals surface area contributed by atoms with Crippen molar-refractivity contribution in [2.24, 2.45) is 0 Å². The van der Waals surface area contributed by atoms with Crippen molar-refractivity contribution in [1.29, 1.82) is 0 Å². The lowest BCUT2D eigenvalue weighted by atomic mass is 9.98. The molecule has 1 aliphatic rings. The summed E-state index contributed by atoms with van der Waals surface area (Å²) >= 11 is 6.07. The molecule has 0 saturated carbocycles. The smallest absolute Gasteiger partial charge is 0.409 e. The normalized spacial score (nSPS) is 15.2. The van der Waals surface area contributed by atoms with Crippen molar-refractivity contribution in [3.8, 4) is 5.75 Å². The second kappa shape index (κ2) is 11.1. The zero-order chi connectivity index (χ0) is 27.6. The molecule has 2 aromatic carbocycles. The number of nitrogens with one attached hydrogen (secondary N) is 2. The van der Waals surface area contributed by atoms with Crippen molar-refractivity contribution >= 4 is 44.3 Å². The third kappa shape index (κ3) is 6.07. The summed E-state index contributed by atoms with van der Waals surface area (Å²) in [4.78, 5) is 35.8. The van der Waals surface area contributed by atoms with E-state index in [-0.39, 0.29) is 16.4 Å². The number of halogens is 1. The number of nitrogens with zero attached hydrogens (tertiary/aromatic N) is 2. The molecule has 2 N–H and O–H groups in total. The summed E-state index contributed by atoms with van der Waals surface area (Å²) in [7, 11) is -3.06. The molecule has 39 heavy (non-hydrogen) atoms. The molecule has 1 saturated heterocycles. The van der Waals surface area contributed by atoms with E-state index in [2.05, 4.69) is 15.3 Å². The first-order chi connectivity index (χ1) is 18.7. The van der Waals surface area contributed by atoms with Gasteiger partial charge in [0.05, 0.1) is 23.0 Å². The Labute approximate surface area is 230 Å². The van der Waals surface area contributed by atoms with Crippen LogP contribution in [-0.4, -0.2) is 49.1 Å². The van der Waals surface area contributed by atoms with Crippen molar-refractivity contribution in [1.82, 2.24) is 15.3 Å². The number of hydrogen-bond acceptors (Lipinski definition) is 7.